The van der Waals surface area contributed by atoms with E-state index in [2.05, 4.69) is 5.32 Å². The van der Waals surface area contributed by atoms with Crippen molar-refractivity contribution < 1.29 is 9.18 Å². The third-order valence-corrected chi connectivity index (χ3v) is 3.36. The van der Waals surface area contributed by atoms with Crippen molar-refractivity contribution in [3.05, 3.63) is 69.5 Å². The van der Waals surface area contributed by atoms with Gasteiger partial charge in [-0.25, -0.2) is 4.39 Å². The van der Waals surface area contributed by atoms with E-state index < -0.39 is 0 Å². The molecule has 0 aliphatic heterocycles. The number of hydrogen-bond donors (Lipinski definition) is 1. The van der Waals surface area contributed by atoms with Crippen LogP contribution >= 0.6 is 23.2 Å². The molecule has 0 fully saturated rings. The molecule has 5 heteroatoms. The minimum absolute atomic E-state index is 0.209. The zero-order valence-electron chi connectivity index (χ0n) is 9.79. The first kappa shape index (κ1) is 13.8. The summed E-state index contributed by atoms with van der Waals surface area (Å²) in [5.41, 5.74) is 0.970. The Kier molecular flexibility index (Phi) is 4.40. The second-order valence-corrected chi connectivity index (χ2v) is 4.70. The summed E-state index contributed by atoms with van der Waals surface area (Å²) in [5, 5.41) is 3.19. The van der Waals surface area contributed by atoms with Gasteiger partial charge in [-0.15, -0.1) is 0 Å². The van der Waals surface area contributed by atoms with Gasteiger partial charge in [0.2, 0.25) is 0 Å². The summed E-state index contributed by atoms with van der Waals surface area (Å²) < 4.78 is 13.0. The highest BCUT2D eigenvalue weighted by atomic mass is 35.5. The van der Waals surface area contributed by atoms with E-state index in [1.807, 2.05) is 0 Å². The second kappa shape index (κ2) is 6.04. The highest BCUT2D eigenvalue weighted by Crippen LogP contribution is 2.25. The molecule has 2 aromatic rings. The van der Waals surface area contributed by atoms with Crippen LogP contribution < -0.4 is 5.32 Å². The number of carbonyl (C=O) groups excluding carboxylic acids is 1. The summed E-state index contributed by atoms with van der Waals surface area (Å²) in [6.45, 7) is 0.222. The van der Waals surface area contributed by atoms with E-state index in [9.17, 15) is 9.18 Å². The molecule has 0 aliphatic rings. The van der Waals surface area contributed by atoms with E-state index in [0.717, 1.165) is 0 Å². The third-order valence-electron chi connectivity index (χ3n) is 2.54. The van der Waals surface area contributed by atoms with Gasteiger partial charge in [0.1, 0.15) is 5.82 Å². The highest BCUT2D eigenvalue weighted by molar-refractivity contribution is 6.43. The number of nitrogens with one attached hydrogen (secondary N) is 1. The van der Waals surface area contributed by atoms with Crippen molar-refractivity contribution in [2.24, 2.45) is 0 Å². The Morgan fingerprint density at radius 3 is 2.63 bits per heavy atom. The van der Waals surface area contributed by atoms with E-state index in [1.54, 1.807) is 30.3 Å². The molecule has 0 bridgehead atoms. The average Bonchev–Trinajstić information content (AvgIpc) is 2.39. The van der Waals surface area contributed by atoms with Gasteiger partial charge in [-0.2, -0.15) is 0 Å². The van der Waals surface area contributed by atoms with Gasteiger partial charge >= 0.3 is 0 Å². The van der Waals surface area contributed by atoms with Crippen LogP contribution in [0.2, 0.25) is 10.0 Å². The predicted octanol–water partition coefficient (Wildman–Crippen LogP) is 4.06. The Hall–Kier alpha value is -1.58. The van der Waals surface area contributed by atoms with E-state index in [0.29, 0.717) is 16.1 Å². The quantitative estimate of drug-likeness (QED) is 0.909. The molecule has 0 unspecified atom stereocenters. The lowest BCUT2D eigenvalue weighted by Crippen LogP contribution is -2.23. The van der Waals surface area contributed by atoms with Gasteiger partial charge in [0, 0.05) is 6.54 Å². The second-order valence-electron chi connectivity index (χ2n) is 3.91. The van der Waals surface area contributed by atoms with Gasteiger partial charge in [0.05, 0.1) is 15.6 Å². The summed E-state index contributed by atoms with van der Waals surface area (Å²) in [4.78, 5) is 11.9. The number of rotatable bonds is 3. The summed E-state index contributed by atoms with van der Waals surface area (Å²) in [6.07, 6.45) is 0. The van der Waals surface area contributed by atoms with Crippen molar-refractivity contribution in [2.75, 3.05) is 0 Å². The number of hydrogen-bond acceptors (Lipinski definition) is 1. The lowest BCUT2D eigenvalue weighted by atomic mass is 10.2. The fourth-order valence-electron chi connectivity index (χ4n) is 1.60. The molecule has 0 aliphatic carbocycles. The van der Waals surface area contributed by atoms with Gasteiger partial charge in [0.25, 0.3) is 5.91 Å². The Bertz CT molecular complexity index is 616. The first-order valence-corrected chi connectivity index (χ1v) is 6.30. The van der Waals surface area contributed by atoms with Crippen molar-refractivity contribution in [2.45, 2.75) is 6.54 Å². The third kappa shape index (κ3) is 3.46. The van der Waals surface area contributed by atoms with Gasteiger partial charge in [-0.1, -0.05) is 41.4 Å². The first-order valence-electron chi connectivity index (χ1n) is 5.54. The zero-order valence-corrected chi connectivity index (χ0v) is 11.3. The molecule has 1 N–H and O–H groups in total. The van der Waals surface area contributed by atoms with Gasteiger partial charge in [0.15, 0.2) is 0 Å². The molecule has 2 nitrogen and oxygen atoms in total. The highest BCUT2D eigenvalue weighted by Gasteiger charge is 2.12. The van der Waals surface area contributed by atoms with Crippen molar-refractivity contribution >= 4 is 29.1 Å². The molecule has 2 aromatic carbocycles. The monoisotopic (exact) mass is 297 g/mol. The number of carbonyl (C=O) groups is 1. The minimum atomic E-state index is -0.350. The summed E-state index contributed by atoms with van der Waals surface area (Å²) in [6, 6.07) is 10.8. The summed E-state index contributed by atoms with van der Waals surface area (Å²) in [7, 11) is 0. The van der Waals surface area contributed by atoms with Crippen LogP contribution in [-0.2, 0) is 6.54 Å². The van der Waals surface area contributed by atoms with Crippen LogP contribution in [0, 0.1) is 5.82 Å². The van der Waals surface area contributed by atoms with Crippen LogP contribution in [0.1, 0.15) is 15.9 Å². The normalized spacial score (nSPS) is 10.3. The van der Waals surface area contributed by atoms with Gasteiger partial charge in [-0.05, 0) is 29.8 Å². The van der Waals surface area contributed by atoms with Crippen LogP contribution in [0.3, 0.4) is 0 Å². The number of benzene rings is 2. The molecule has 1 amide bonds. The summed E-state index contributed by atoms with van der Waals surface area (Å²) in [5.74, 6) is -0.690. The first-order chi connectivity index (χ1) is 9.08. The van der Waals surface area contributed by atoms with Gasteiger partial charge < -0.3 is 5.32 Å². The number of amides is 1. The van der Waals surface area contributed by atoms with Crippen LogP contribution in [0.25, 0.3) is 0 Å². The zero-order chi connectivity index (χ0) is 13.8. The molecule has 0 aromatic heterocycles. The molecular weight excluding hydrogens is 288 g/mol. The van der Waals surface area contributed by atoms with Crippen molar-refractivity contribution in [3.63, 3.8) is 0 Å². The largest absolute Gasteiger partial charge is 0.348 e. The van der Waals surface area contributed by atoms with Crippen molar-refractivity contribution in [1.82, 2.24) is 5.32 Å². The maximum absolute atomic E-state index is 13.0. The number of halogens is 3. The lowest BCUT2D eigenvalue weighted by molar-refractivity contribution is 0.0951. The minimum Gasteiger partial charge on any atom is -0.348 e. The molecule has 0 saturated carbocycles. The van der Waals surface area contributed by atoms with Crippen LogP contribution in [0.4, 0.5) is 4.39 Å². The molecular formula is C14H10Cl2FNO. The summed E-state index contributed by atoms with van der Waals surface area (Å²) >= 11 is 11.8. The molecule has 0 saturated heterocycles. The predicted molar refractivity (Wildman–Crippen MR) is 74.0 cm³/mol. The molecule has 19 heavy (non-hydrogen) atoms. The molecule has 0 heterocycles. The van der Waals surface area contributed by atoms with Crippen LogP contribution in [-0.4, -0.2) is 5.91 Å². The maximum atomic E-state index is 13.0. The van der Waals surface area contributed by atoms with Gasteiger partial charge in [-0.3, -0.25) is 4.79 Å². The van der Waals surface area contributed by atoms with E-state index in [1.165, 1.54) is 12.1 Å². The van der Waals surface area contributed by atoms with E-state index in [-0.39, 0.29) is 23.3 Å². The molecule has 0 radical (unpaired) electrons. The van der Waals surface area contributed by atoms with E-state index in [4.69, 9.17) is 23.2 Å². The average molecular weight is 298 g/mol. The fraction of sp³-hybridized carbons (Fsp3) is 0.0714. The Balaban J connectivity index is 2.08. The van der Waals surface area contributed by atoms with E-state index >= 15 is 0 Å². The maximum Gasteiger partial charge on any atom is 0.253 e. The Labute approximate surface area is 120 Å². The van der Waals surface area contributed by atoms with Crippen LogP contribution in [0.15, 0.2) is 42.5 Å². The molecule has 98 valence electrons. The fourth-order valence-corrected chi connectivity index (χ4v) is 1.99. The Morgan fingerprint density at radius 1 is 1.16 bits per heavy atom. The SMILES string of the molecule is O=C(NCc1cccc(F)c1)c1cccc(Cl)c1Cl. The lowest BCUT2D eigenvalue weighted by Gasteiger charge is -2.07. The smallest absolute Gasteiger partial charge is 0.253 e. The van der Waals surface area contributed by atoms with Crippen LogP contribution in [0.5, 0.6) is 0 Å². The topological polar surface area (TPSA) is 29.1 Å². The standard InChI is InChI=1S/C14H10Cl2FNO/c15-12-6-2-5-11(13(12)16)14(19)18-8-9-3-1-4-10(17)7-9/h1-7H,8H2,(H,18,19). The van der Waals surface area contributed by atoms with Crippen molar-refractivity contribution in [3.8, 4) is 0 Å². The molecule has 2 rings (SSSR count). The molecule has 0 spiro atoms. The molecule has 0 atom stereocenters. The van der Waals surface area contributed by atoms with Crippen molar-refractivity contribution in [1.29, 1.82) is 0 Å². The Morgan fingerprint density at radius 2 is 1.89 bits per heavy atom.